The molecule has 4 rings (SSSR count). The van der Waals surface area contributed by atoms with Gasteiger partial charge >= 0.3 is 12.2 Å². The Bertz CT molecular complexity index is 1190. The van der Waals surface area contributed by atoms with Crippen molar-refractivity contribution in [3.63, 3.8) is 0 Å². The summed E-state index contributed by atoms with van der Waals surface area (Å²) >= 11 is 0. The second-order valence-corrected chi connectivity index (χ2v) is 8.44. The van der Waals surface area contributed by atoms with Crippen molar-refractivity contribution in [3.05, 3.63) is 36.5 Å². The highest BCUT2D eigenvalue weighted by molar-refractivity contribution is 5.75. The molecule has 0 saturated heterocycles. The normalized spacial score (nSPS) is 20.0. The largest absolute Gasteiger partial charge is 0.473 e. The van der Waals surface area contributed by atoms with Crippen molar-refractivity contribution in [3.8, 4) is 17.1 Å². The quantitative estimate of drug-likeness (QED) is 0.575. The molecule has 0 unspecified atom stereocenters. The monoisotopic (exact) mass is 507 g/mol. The summed E-state index contributed by atoms with van der Waals surface area (Å²) in [7, 11) is 0. The molecule has 1 aliphatic heterocycles. The maximum Gasteiger partial charge on any atom is 0.389 e. The summed E-state index contributed by atoms with van der Waals surface area (Å²) in [4.78, 5) is 27.9. The number of nitrogens with one attached hydrogen (secondary N) is 1. The van der Waals surface area contributed by atoms with Crippen LogP contribution in [0.4, 0.5) is 18.0 Å². The molecule has 0 aromatic carbocycles. The fourth-order valence-electron chi connectivity index (χ4n) is 4.04. The number of hydrogen-bond donors (Lipinski definition) is 1. The minimum absolute atomic E-state index is 0.154. The molecule has 0 aliphatic carbocycles. The Hall–Kier alpha value is -3.48. The fraction of sp³-hybridized carbons (Fsp3) is 0.522. The average molecular weight is 508 g/mol. The van der Waals surface area contributed by atoms with Gasteiger partial charge in [-0.05, 0) is 38.8 Å². The van der Waals surface area contributed by atoms with Gasteiger partial charge in [0.25, 0.3) is 5.88 Å². The van der Waals surface area contributed by atoms with Gasteiger partial charge < -0.3 is 19.7 Å². The van der Waals surface area contributed by atoms with Gasteiger partial charge in [0.15, 0.2) is 0 Å². The minimum Gasteiger partial charge on any atom is -0.473 e. The third kappa shape index (κ3) is 6.20. The molecule has 0 saturated carbocycles. The van der Waals surface area contributed by atoms with Crippen LogP contribution in [0, 0.1) is 0 Å². The van der Waals surface area contributed by atoms with Crippen molar-refractivity contribution in [2.75, 3.05) is 26.4 Å². The summed E-state index contributed by atoms with van der Waals surface area (Å²) in [5.41, 5.74) is 2.35. The highest BCUT2D eigenvalue weighted by Gasteiger charge is 2.30. The van der Waals surface area contributed by atoms with E-state index in [-0.39, 0.29) is 38.5 Å². The zero-order chi connectivity index (χ0) is 25.7. The zero-order valence-corrected chi connectivity index (χ0v) is 20.0. The lowest BCUT2D eigenvalue weighted by molar-refractivity contribution is -0.136. The summed E-state index contributed by atoms with van der Waals surface area (Å²) in [6.07, 6.45) is -0.590. The predicted molar refractivity (Wildman–Crippen MR) is 123 cm³/mol. The van der Waals surface area contributed by atoms with Crippen LogP contribution in [0.5, 0.6) is 5.88 Å². The van der Waals surface area contributed by atoms with Crippen molar-refractivity contribution in [2.24, 2.45) is 0 Å². The number of carbonyl (C=O) groups is 1. The molecule has 3 aromatic rings. The summed E-state index contributed by atoms with van der Waals surface area (Å²) in [6, 6.07) is 1.99. The molecular weight excluding hydrogens is 479 g/mol. The average Bonchev–Trinajstić information content (AvgIpc) is 3.33. The molecular formula is C23H28F3N7O3. The third-order valence-corrected chi connectivity index (χ3v) is 5.99. The van der Waals surface area contributed by atoms with Crippen molar-refractivity contribution in [2.45, 2.75) is 51.4 Å². The number of hydrogen-bond acceptors (Lipinski definition) is 7. The molecule has 13 heteroatoms. The van der Waals surface area contributed by atoms with E-state index in [1.807, 2.05) is 13.0 Å². The first-order valence-electron chi connectivity index (χ1n) is 11.8. The maximum atomic E-state index is 13.1. The Morgan fingerprint density at radius 1 is 1.22 bits per heavy atom. The Labute approximate surface area is 205 Å². The molecule has 1 aliphatic rings. The van der Waals surface area contributed by atoms with Crippen LogP contribution in [-0.2, 0) is 4.74 Å². The van der Waals surface area contributed by atoms with Gasteiger partial charge in [0, 0.05) is 37.4 Å². The number of alkyl halides is 3. The van der Waals surface area contributed by atoms with Crippen LogP contribution >= 0.6 is 0 Å². The summed E-state index contributed by atoms with van der Waals surface area (Å²) in [6.45, 7) is 4.46. The number of fused-ring (bicyclic) bond motifs is 7. The molecule has 2 atom stereocenters. The molecule has 2 amide bonds. The van der Waals surface area contributed by atoms with Crippen LogP contribution in [0.2, 0.25) is 0 Å². The van der Waals surface area contributed by atoms with E-state index >= 15 is 0 Å². The topological polar surface area (TPSA) is 107 Å². The second kappa shape index (κ2) is 11.1. The third-order valence-electron chi connectivity index (χ3n) is 5.99. The predicted octanol–water partition coefficient (Wildman–Crippen LogP) is 3.79. The standard InChI is InChI=1S/C23H28F3N7O3/c1-3-32-15(2)18-12-16(5-8-27-18)19-13-33-20(28-14-29-33)21(31-19)36-11-10-35-9-6-17(30-22(32)34)4-7-23(24,25)26/h5,8,12-15,17H,3-4,6-7,9-11H2,1-2H3,(H,30,34)/t15-,17+/m1/s1. The lowest BCUT2D eigenvalue weighted by atomic mass is 10.1. The van der Waals surface area contributed by atoms with E-state index in [4.69, 9.17) is 9.47 Å². The van der Waals surface area contributed by atoms with E-state index in [9.17, 15) is 18.0 Å². The smallest absolute Gasteiger partial charge is 0.389 e. The van der Waals surface area contributed by atoms with E-state index in [2.05, 4.69) is 25.4 Å². The van der Waals surface area contributed by atoms with Gasteiger partial charge in [-0.1, -0.05) is 0 Å². The number of urea groups is 1. The van der Waals surface area contributed by atoms with E-state index in [1.54, 1.807) is 29.9 Å². The van der Waals surface area contributed by atoms with Crippen LogP contribution in [0.25, 0.3) is 16.9 Å². The Kier molecular flexibility index (Phi) is 7.87. The van der Waals surface area contributed by atoms with E-state index in [0.29, 0.717) is 23.6 Å². The number of carbonyl (C=O) groups excluding carboxylic acids is 1. The highest BCUT2D eigenvalue weighted by Crippen LogP contribution is 2.27. The van der Waals surface area contributed by atoms with Gasteiger partial charge in [-0.2, -0.15) is 18.3 Å². The van der Waals surface area contributed by atoms with Crippen LogP contribution in [-0.4, -0.2) is 74.1 Å². The SMILES string of the molecule is CCN1C(=O)N[C@@H](CCC(F)(F)F)CCOCCOc2nc(cn3ncnc23)-c2ccnc(c2)[C@H]1C. The lowest BCUT2D eigenvalue weighted by Crippen LogP contribution is -2.46. The fourth-order valence-corrected chi connectivity index (χ4v) is 4.04. The highest BCUT2D eigenvalue weighted by atomic mass is 19.4. The zero-order valence-electron chi connectivity index (χ0n) is 20.0. The summed E-state index contributed by atoms with van der Waals surface area (Å²) < 4.78 is 51.6. The van der Waals surface area contributed by atoms with Crippen LogP contribution in [0.1, 0.15) is 44.8 Å². The van der Waals surface area contributed by atoms with E-state index in [0.717, 1.165) is 5.56 Å². The van der Waals surface area contributed by atoms with Gasteiger partial charge in [0.2, 0.25) is 5.65 Å². The van der Waals surface area contributed by atoms with Gasteiger partial charge in [0.05, 0.1) is 30.2 Å². The summed E-state index contributed by atoms with van der Waals surface area (Å²) in [5.74, 6) is 0.277. The Morgan fingerprint density at radius 2 is 2.06 bits per heavy atom. The molecule has 3 aromatic heterocycles. The number of halogens is 3. The number of amides is 2. The second-order valence-electron chi connectivity index (χ2n) is 8.44. The molecule has 36 heavy (non-hydrogen) atoms. The van der Waals surface area contributed by atoms with E-state index in [1.165, 1.54) is 11.2 Å². The Morgan fingerprint density at radius 3 is 2.83 bits per heavy atom. The first kappa shape index (κ1) is 25.6. The van der Waals surface area contributed by atoms with E-state index < -0.39 is 30.7 Å². The number of ether oxygens (including phenoxy) is 2. The van der Waals surface area contributed by atoms with Crippen molar-refractivity contribution in [1.82, 2.24) is 34.8 Å². The van der Waals surface area contributed by atoms with Gasteiger partial charge in [0.1, 0.15) is 12.9 Å². The van der Waals surface area contributed by atoms with Crippen LogP contribution in [0.3, 0.4) is 0 Å². The summed E-state index contributed by atoms with van der Waals surface area (Å²) in [5, 5.41) is 6.96. The maximum absolute atomic E-state index is 13.1. The molecule has 4 bridgehead atoms. The first-order chi connectivity index (χ1) is 17.2. The number of rotatable bonds is 3. The molecule has 1 N–H and O–H groups in total. The molecule has 0 radical (unpaired) electrons. The molecule has 0 spiro atoms. The lowest BCUT2D eigenvalue weighted by Gasteiger charge is -2.30. The molecule has 4 heterocycles. The van der Waals surface area contributed by atoms with Crippen molar-refractivity contribution >= 4 is 11.7 Å². The number of nitrogens with zero attached hydrogens (tertiary/aromatic N) is 6. The minimum atomic E-state index is -4.32. The number of aromatic nitrogens is 5. The van der Waals surface area contributed by atoms with Crippen LogP contribution in [0.15, 0.2) is 30.9 Å². The van der Waals surface area contributed by atoms with Crippen molar-refractivity contribution in [1.29, 1.82) is 0 Å². The van der Waals surface area contributed by atoms with Crippen LogP contribution < -0.4 is 10.1 Å². The molecule has 194 valence electrons. The van der Waals surface area contributed by atoms with Gasteiger partial charge in [-0.15, -0.1) is 0 Å². The number of pyridine rings is 1. The molecule has 0 fully saturated rings. The molecule has 10 nitrogen and oxygen atoms in total. The van der Waals surface area contributed by atoms with Gasteiger partial charge in [-0.25, -0.2) is 19.3 Å². The first-order valence-corrected chi connectivity index (χ1v) is 11.8. The van der Waals surface area contributed by atoms with Crippen molar-refractivity contribution < 1.29 is 27.4 Å². The Balaban J connectivity index is 1.66. The van der Waals surface area contributed by atoms with Gasteiger partial charge in [-0.3, -0.25) is 4.98 Å².